The number of aryl methyl sites for hydroxylation is 1. The standard InChI is InChI=1S/C14H17ClN4O2/c1-18-10-12(15)13(17-18)14(21)19(6-3-7-20)9-11-4-2-5-16-8-11/h2,4-5,8,10,20H,3,6-7,9H2,1H3. The van der Waals surface area contributed by atoms with Crippen LogP contribution in [0.5, 0.6) is 0 Å². The maximum absolute atomic E-state index is 12.6. The molecule has 0 atom stereocenters. The van der Waals surface area contributed by atoms with Crippen LogP contribution in [0.15, 0.2) is 30.7 Å². The van der Waals surface area contributed by atoms with Crippen LogP contribution in [0, 0.1) is 0 Å². The van der Waals surface area contributed by atoms with Crippen molar-refractivity contribution in [2.45, 2.75) is 13.0 Å². The van der Waals surface area contributed by atoms with E-state index < -0.39 is 0 Å². The van der Waals surface area contributed by atoms with Crippen molar-refractivity contribution in [1.29, 1.82) is 0 Å². The van der Waals surface area contributed by atoms with Gasteiger partial charge < -0.3 is 10.0 Å². The molecular weight excluding hydrogens is 292 g/mol. The summed E-state index contributed by atoms with van der Waals surface area (Å²) < 4.78 is 1.50. The Labute approximate surface area is 128 Å². The SMILES string of the molecule is Cn1cc(Cl)c(C(=O)N(CCCO)Cc2cccnc2)n1. The van der Waals surface area contributed by atoms with Crippen LogP contribution in [0.2, 0.25) is 5.02 Å². The van der Waals surface area contributed by atoms with E-state index in [0.717, 1.165) is 5.56 Å². The highest BCUT2D eigenvalue weighted by Crippen LogP contribution is 2.17. The van der Waals surface area contributed by atoms with E-state index in [4.69, 9.17) is 16.7 Å². The number of carbonyl (C=O) groups excluding carboxylic acids is 1. The van der Waals surface area contributed by atoms with Gasteiger partial charge in [-0.05, 0) is 18.1 Å². The van der Waals surface area contributed by atoms with Gasteiger partial charge in [0, 0.05) is 45.3 Å². The van der Waals surface area contributed by atoms with Crippen LogP contribution >= 0.6 is 11.6 Å². The molecule has 2 rings (SSSR count). The zero-order valence-corrected chi connectivity index (χ0v) is 12.5. The summed E-state index contributed by atoms with van der Waals surface area (Å²) in [6, 6.07) is 3.71. The molecule has 112 valence electrons. The van der Waals surface area contributed by atoms with Gasteiger partial charge >= 0.3 is 0 Å². The fraction of sp³-hybridized carbons (Fsp3) is 0.357. The molecule has 2 heterocycles. The maximum Gasteiger partial charge on any atom is 0.276 e. The van der Waals surface area contributed by atoms with Gasteiger partial charge in [-0.25, -0.2) is 0 Å². The van der Waals surface area contributed by atoms with Gasteiger partial charge in [-0.1, -0.05) is 17.7 Å². The first-order chi connectivity index (χ1) is 10.1. The topological polar surface area (TPSA) is 71.2 Å². The molecule has 21 heavy (non-hydrogen) atoms. The van der Waals surface area contributed by atoms with Gasteiger partial charge in [0.2, 0.25) is 0 Å². The fourth-order valence-electron chi connectivity index (χ4n) is 1.98. The molecule has 7 heteroatoms. The number of rotatable bonds is 6. The predicted molar refractivity (Wildman–Crippen MR) is 78.9 cm³/mol. The number of nitrogens with zero attached hydrogens (tertiary/aromatic N) is 4. The summed E-state index contributed by atoms with van der Waals surface area (Å²) in [7, 11) is 1.71. The molecule has 0 aliphatic heterocycles. The van der Waals surface area contributed by atoms with Crippen molar-refractivity contribution in [3.8, 4) is 0 Å². The Morgan fingerprint density at radius 2 is 2.33 bits per heavy atom. The number of aliphatic hydroxyl groups is 1. The van der Waals surface area contributed by atoms with Gasteiger partial charge in [0.15, 0.2) is 5.69 Å². The molecule has 0 aliphatic rings. The van der Waals surface area contributed by atoms with Crippen LogP contribution in [0.25, 0.3) is 0 Å². The first kappa shape index (κ1) is 15.5. The molecule has 1 N–H and O–H groups in total. The normalized spacial score (nSPS) is 10.6. The second kappa shape index (κ2) is 7.19. The van der Waals surface area contributed by atoms with E-state index in [1.54, 1.807) is 30.5 Å². The monoisotopic (exact) mass is 308 g/mol. The Hall–Kier alpha value is -1.92. The molecule has 6 nitrogen and oxygen atoms in total. The molecule has 0 spiro atoms. The van der Waals surface area contributed by atoms with Crippen LogP contribution in [0.1, 0.15) is 22.5 Å². The first-order valence-electron chi connectivity index (χ1n) is 6.60. The third-order valence-corrected chi connectivity index (χ3v) is 3.23. The largest absolute Gasteiger partial charge is 0.396 e. The zero-order valence-electron chi connectivity index (χ0n) is 11.7. The molecule has 0 saturated heterocycles. The van der Waals surface area contributed by atoms with Crippen molar-refractivity contribution >= 4 is 17.5 Å². The summed E-state index contributed by atoms with van der Waals surface area (Å²) in [6.07, 6.45) is 5.47. The molecule has 0 aromatic carbocycles. The van der Waals surface area contributed by atoms with Gasteiger partial charge in [-0.15, -0.1) is 0 Å². The zero-order chi connectivity index (χ0) is 15.2. The highest BCUT2D eigenvalue weighted by Gasteiger charge is 2.21. The summed E-state index contributed by atoms with van der Waals surface area (Å²) >= 11 is 6.03. The number of aromatic nitrogens is 3. The van der Waals surface area contributed by atoms with E-state index in [1.807, 2.05) is 12.1 Å². The first-order valence-corrected chi connectivity index (χ1v) is 6.98. The van der Waals surface area contributed by atoms with Crippen molar-refractivity contribution in [1.82, 2.24) is 19.7 Å². The molecule has 0 radical (unpaired) electrons. The number of pyridine rings is 1. The van der Waals surface area contributed by atoms with Crippen LogP contribution in [-0.4, -0.2) is 43.8 Å². The second-order valence-corrected chi connectivity index (χ2v) is 5.07. The Bertz CT molecular complexity index is 600. The van der Waals surface area contributed by atoms with Crippen LogP contribution in [0.3, 0.4) is 0 Å². The van der Waals surface area contributed by atoms with E-state index in [9.17, 15) is 4.79 Å². The molecule has 0 saturated carbocycles. The molecule has 0 unspecified atom stereocenters. The quantitative estimate of drug-likeness (QED) is 0.877. The minimum Gasteiger partial charge on any atom is -0.396 e. The summed E-state index contributed by atoms with van der Waals surface area (Å²) in [5, 5.41) is 13.4. The van der Waals surface area contributed by atoms with Crippen molar-refractivity contribution in [2.75, 3.05) is 13.2 Å². The van der Waals surface area contributed by atoms with Crippen molar-refractivity contribution in [3.63, 3.8) is 0 Å². The Kier molecular flexibility index (Phi) is 5.30. The molecular formula is C14H17ClN4O2. The van der Waals surface area contributed by atoms with Crippen molar-refractivity contribution in [2.24, 2.45) is 7.05 Å². The number of hydrogen-bond acceptors (Lipinski definition) is 4. The van der Waals surface area contributed by atoms with E-state index in [0.29, 0.717) is 24.5 Å². The third kappa shape index (κ3) is 4.03. The third-order valence-electron chi connectivity index (χ3n) is 2.96. The lowest BCUT2D eigenvalue weighted by Gasteiger charge is -2.21. The Balaban J connectivity index is 2.19. The highest BCUT2D eigenvalue weighted by molar-refractivity contribution is 6.33. The number of halogens is 1. The van der Waals surface area contributed by atoms with Gasteiger partial charge in [-0.2, -0.15) is 5.10 Å². The smallest absolute Gasteiger partial charge is 0.276 e. The Morgan fingerprint density at radius 1 is 1.52 bits per heavy atom. The van der Waals surface area contributed by atoms with Gasteiger partial charge in [0.05, 0.1) is 5.02 Å². The molecule has 2 aromatic rings. The van der Waals surface area contributed by atoms with Gasteiger partial charge in [-0.3, -0.25) is 14.5 Å². The number of carbonyl (C=O) groups is 1. The van der Waals surface area contributed by atoms with E-state index in [2.05, 4.69) is 10.1 Å². The van der Waals surface area contributed by atoms with Gasteiger partial charge in [0.25, 0.3) is 5.91 Å². The van der Waals surface area contributed by atoms with E-state index in [1.165, 1.54) is 4.68 Å². The van der Waals surface area contributed by atoms with Crippen LogP contribution in [-0.2, 0) is 13.6 Å². The number of aliphatic hydroxyl groups excluding tert-OH is 1. The summed E-state index contributed by atoms with van der Waals surface area (Å²) in [5.74, 6) is -0.252. The average Bonchev–Trinajstić information content (AvgIpc) is 2.82. The summed E-state index contributed by atoms with van der Waals surface area (Å²) in [5.41, 5.74) is 1.14. The lowest BCUT2D eigenvalue weighted by molar-refractivity contribution is 0.0725. The fourth-order valence-corrected chi connectivity index (χ4v) is 2.24. The minimum atomic E-state index is -0.252. The molecule has 1 amide bonds. The Morgan fingerprint density at radius 3 is 2.90 bits per heavy atom. The lowest BCUT2D eigenvalue weighted by Crippen LogP contribution is -2.32. The number of hydrogen-bond donors (Lipinski definition) is 1. The molecule has 0 fully saturated rings. The minimum absolute atomic E-state index is 0.0206. The molecule has 0 bridgehead atoms. The van der Waals surface area contributed by atoms with Crippen LogP contribution in [0.4, 0.5) is 0 Å². The predicted octanol–water partition coefficient (Wildman–Crippen LogP) is 1.49. The van der Waals surface area contributed by atoms with Crippen molar-refractivity contribution in [3.05, 3.63) is 47.0 Å². The maximum atomic E-state index is 12.6. The van der Waals surface area contributed by atoms with Crippen LogP contribution < -0.4 is 0 Å². The summed E-state index contributed by atoms with van der Waals surface area (Å²) in [6.45, 7) is 0.851. The average molecular weight is 309 g/mol. The number of amides is 1. The van der Waals surface area contributed by atoms with E-state index in [-0.39, 0.29) is 18.2 Å². The highest BCUT2D eigenvalue weighted by atomic mass is 35.5. The van der Waals surface area contributed by atoms with Crippen molar-refractivity contribution < 1.29 is 9.90 Å². The molecule has 2 aromatic heterocycles. The lowest BCUT2D eigenvalue weighted by atomic mass is 10.2. The van der Waals surface area contributed by atoms with Gasteiger partial charge in [0.1, 0.15) is 0 Å². The van der Waals surface area contributed by atoms with E-state index >= 15 is 0 Å². The molecule has 0 aliphatic carbocycles. The second-order valence-electron chi connectivity index (χ2n) is 4.66. The summed E-state index contributed by atoms with van der Waals surface area (Å²) in [4.78, 5) is 18.2.